The van der Waals surface area contributed by atoms with Gasteiger partial charge in [0.1, 0.15) is 12.6 Å². The molecule has 1 saturated carbocycles. The number of rotatable bonds is 17. The monoisotopic (exact) mass is 696 g/mol. The lowest BCUT2D eigenvalue weighted by molar-refractivity contribution is -0.150. The molecule has 3 N–H and O–H groups in total. The van der Waals surface area contributed by atoms with Crippen molar-refractivity contribution in [2.24, 2.45) is 11.8 Å². The van der Waals surface area contributed by atoms with E-state index in [0.717, 1.165) is 37.7 Å². The minimum absolute atomic E-state index is 0.0617. The van der Waals surface area contributed by atoms with E-state index in [9.17, 15) is 24.3 Å². The maximum absolute atomic E-state index is 14.4. The molecule has 2 fully saturated rings. The van der Waals surface area contributed by atoms with Crippen LogP contribution in [-0.2, 0) is 36.7 Å². The summed E-state index contributed by atoms with van der Waals surface area (Å²) in [5, 5.41) is 17.0. The van der Waals surface area contributed by atoms with Crippen LogP contribution >= 0.6 is 0 Å². The average molecular weight is 697 g/mol. The third-order valence-electron chi connectivity index (χ3n) is 9.81. The Morgan fingerprint density at radius 2 is 1.74 bits per heavy atom. The second-order valence-corrected chi connectivity index (χ2v) is 14.1. The van der Waals surface area contributed by atoms with Crippen molar-refractivity contribution in [2.75, 3.05) is 33.9 Å². The lowest BCUT2D eigenvalue weighted by Crippen LogP contribution is -2.56. The molecule has 13 nitrogen and oxygen atoms in total. The lowest BCUT2D eigenvalue weighted by atomic mass is 9.83. The number of aliphatic hydroxyl groups is 1. The zero-order valence-corrected chi connectivity index (χ0v) is 30.1. The van der Waals surface area contributed by atoms with Crippen molar-refractivity contribution < 1.29 is 33.8 Å². The Balaban J connectivity index is 1.58. The number of aliphatic hydroxyl groups excluding tert-OH is 1. The maximum Gasteiger partial charge on any atom is 0.429 e. The van der Waals surface area contributed by atoms with E-state index in [2.05, 4.69) is 29.1 Å². The number of carbonyl (C=O) groups is 4. The number of hydrogen-bond donors (Lipinski definition) is 3. The van der Waals surface area contributed by atoms with Crippen LogP contribution in [0.3, 0.4) is 0 Å². The average Bonchev–Trinajstić information content (AvgIpc) is 3.82. The number of imidazole rings is 1. The fraction of sp³-hybridized carbons (Fsp3) is 0.649. The number of carbonyl (C=O) groups excluding carboxylic acids is 4. The highest BCUT2D eigenvalue weighted by Gasteiger charge is 2.39. The minimum Gasteiger partial charge on any atom is -0.434 e. The van der Waals surface area contributed by atoms with E-state index < -0.39 is 42.2 Å². The molecule has 50 heavy (non-hydrogen) atoms. The number of methoxy groups -OCH3 is 1. The summed E-state index contributed by atoms with van der Waals surface area (Å²) in [4.78, 5) is 63.3. The maximum atomic E-state index is 14.4. The van der Waals surface area contributed by atoms with Gasteiger partial charge in [-0.25, -0.2) is 19.8 Å². The van der Waals surface area contributed by atoms with Crippen molar-refractivity contribution in [3.05, 3.63) is 54.1 Å². The smallest absolute Gasteiger partial charge is 0.429 e. The van der Waals surface area contributed by atoms with Crippen LogP contribution < -0.4 is 5.32 Å². The highest BCUT2D eigenvalue weighted by atomic mass is 16.6. The second kappa shape index (κ2) is 19.4. The van der Waals surface area contributed by atoms with Crippen LogP contribution in [-0.4, -0.2) is 112 Å². The normalized spacial score (nSPS) is 17.6. The summed E-state index contributed by atoms with van der Waals surface area (Å²) in [5.41, 5.74) is 1.41. The Kier molecular flexibility index (Phi) is 15.1. The highest BCUT2D eigenvalue weighted by molar-refractivity contribution is 5.91. The first-order valence-electron chi connectivity index (χ1n) is 18.1. The topological polar surface area (TPSA) is 157 Å². The molecule has 1 saturated heterocycles. The van der Waals surface area contributed by atoms with Gasteiger partial charge in [-0.3, -0.25) is 14.4 Å². The zero-order chi connectivity index (χ0) is 36.0. The van der Waals surface area contributed by atoms with Gasteiger partial charge in [0.15, 0.2) is 6.10 Å². The molecule has 13 heteroatoms. The number of likely N-dealkylation sites (N-methyl/N-ethyl adjacent to an activating group) is 1. The second-order valence-electron chi connectivity index (χ2n) is 14.1. The van der Waals surface area contributed by atoms with Crippen molar-refractivity contribution in [2.45, 2.75) is 109 Å². The van der Waals surface area contributed by atoms with Crippen molar-refractivity contribution in [1.82, 2.24) is 30.2 Å². The molecule has 2 aromatic rings. The van der Waals surface area contributed by atoms with Gasteiger partial charge in [0, 0.05) is 52.0 Å². The van der Waals surface area contributed by atoms with Crippen LogP contribution in [0.2, 0.25) is 0 Å². The first-order valence-corrected chi connectivity index (χ1v) is 18.1. The fourth-order valence-electron chi connectivity index (χ4n) is 6.92. The molecular formula is C37H56N6O7. The lowest BCUT2D eigenvalue weighted by Gasteiger charge is -2.35. The minimum atomic E-state index is -1.29. The van der Waals surface area contributed by atoms with Crippen molar-refractivity contribution >= 4 is 23.8 Å². The summed E-state index contributed by atoms with van der Waals surface area (Å²) in [6.07, 6.45) is 8.70. The zero-order valence-electron chi connectivity index (χ0n) is 30.1. The number of H-pyrrole nitrogens is 1. The molecule has 4 atom stereocenters. The van der Waals surface area contributed by atoms with Crippen LogP contribution in [0.5, 0.6) is 0 Å². The number of amides is 4. The summed E-state index contributed by atoms with van der Waals surface area (Å²) in [7, 11) is 2.94. The Morgan fingerprint density at radius 3 is 2.40 bits per heavy atom. The number of aromatic amines is 1. The number of nitrogens with one attached hydrogen (secondary N) is 2. The summed E-state index contributed by atoms with van der Waals surface area (Å²) < 4.78 is 10.9. The van der Waals surface area contributed by atoms with E-state index >= 15 is 0 Å². The van der Waals surface area contributed by atoms with Crippen molar-refractivity contribution in [3.8, 4) is 0 Å². The Morgan fingerprint density at radius 1 is 1.02 bits per heavy atom. The first-order chi connectivity index (χ1) is 24.1. The van der Waals surface area contributed by atoms with E-state index in [1.54, 1.807) is 6.20 Å². The standard InChI is InChI=1S/C37H56N6O7/c1-26(2)16-17-32(44)30(20-27-12-7-5-8-13-27)40-35(46)31(22-29-23-38-25-39-29)41(3)36(47)33(21-28-14-9-6-10-15-28)50-37(48)43-19-11-18-42(43)34(45)24-49-4/h6,9-10,14-15,23,25-27,30-33,44H,5,7-8,11-13,16-22,24H2,1-4H3,(H,38,39)(H,40,46)/t30?,31-,32?,33?/m0/s1. The van der Waals surface area contributed by atoms with Gasteiger partial charge in [-0.2, -0.15) is 0 Å². The van der Waals surface area contributed by atoms with Gasteiger partial charge in [0.25, 0.3) is 11.8 Å². The van der Waals surface area contributed by atoms with Crippen LogP contribution in [0.25, 0.3) is 0 Å². The highest BCUT2D eigenvalue weighted by Crippen LogP contribution is 2.29. The van der Waals surface area contributed by atoms with Gasteiger partial charge < -0.3 is 29.8 Å². The molecule has 1 aliphatic heterocycles. The largest absolute Gasteiger partial charge is 0.434 e. The Hall–Kier alpha value is -3.97. The van der Waals surface area contributed by atoms with E-state index in [0.29, 0.717) is 43.3 Å². The van der Waals surface area contributed by atoms with Crippen LogP contribution in [0.15, 0.2) is 42.9 Å². The molecule has 3 unspecified atom stereocenters. The van der Waals surface area contributed by atoms with E-state index in [4.69, 9.17) is 9.47 Å². The molecular weight excluding hydrogens is 640 g/mol. The molecule has 0 radical (unpaired) electrons. The third kappa shape index (κ3) is 11.3. The predicted octanol–water partition coefficient (Wildman–Crippen LogP) is 3.88. The van der Waals surface area contributed by atoms with Gasteiger partial charge >= 0.3 is 6.09 Å². The van der Waals surface area contributed by atoms with E-state index in [1.807, 2.05) is 30.3 Å². The number of nitrogens with zero attached hydrogens (tertiary/aromatic N) is 4. The molecule has 0 bridgehead atoms. The fourth-order valence-corrected chi connectivity index (χ4v) is 6.92. The summed E-state index contributed by atoms with van der Waals surface area (Å²) in [6.45, 7) is 4.60. The number of hydrogen-bond acceptors (Lipinski definition) is 8. The number of ether oxygens (including phenoxy) is 2. The number of benzene rings is 1. The van der Waals surface area contributed by atoms with Gasteiger partial charge in [0.2, 0.25) is 5.91 Å². The Labute approximate surface area is 296 Å². The van der Waals surface area contributed by atoms with Gasteiger partial charge in [-0.05, 0) is 43.1 Å². The van der Waals surface area contributed by atoms with Crippen LogP contribution in [0, 0.1) is 11.8 Å². The van der Waals surface area contributed by atoms with Gasteiger partial charge in [0.05, 0.1) is 18.5 Å². The van der Waals surface area contributed by atoms with E-state index in [1.165, 1.54) is 41.8 Å². The van der Waals surface area contributed by atoms with Crippen molar-refractivity contribution in [1.29, 1.82) is 0 Å². The Bertz CT molecular complexity index is 1350. The molecule has 1 aromatic carbocycles. The first kappa shape index (κ1) is 38.8. The molecule has 1 aromatic heterocycles. The number of aromatic nitrogens is 2. The quantitative estimate of drug-likeness (QED) is 0.225. The molecule has 0 spiro atoms. The van der Waals surface area contributed by atoms with Crippen LogP contribution in [0.1, 0.15) is 82.9 Å². The van der Waals surface area contributed by atoms with Crippen molar-refractivity contribution in [3.63, 3.8) is 0 Å². The molecule has 2 heterocycles. The summed E-state index contributed by atoms with van der Waals surface area (Å²) >= 11 is 0. The van der Waals surface area contributed by atoms with Gasteiger partial charge in [-0.1, -0.05) is 76.3 Å². The predicted molar refractivity (Wildman–Crippen MR) is 187 cm³/mol. The number of hydrazine groups is 1. The SMILES string of the molecule is COCC(=O)N1CCCN1C(=O)OC(Cc1ccccc1)C(=O)N(C)[C@@H](Cc1cnc[nH]1)C(=O)NC(CC1CCCCC1)C(O)CCC(C)C. The molecule has 4 rings (SSSR count). The van der Waals surface area contributed by atoms with E-state index in [-0.39, 0.29) is 31.9 Å². The molecule has 276 valence electrons. The molecule has 2 aliphatic rings. The molecule has 4 amide bonds. The third-order valence-corrected chi connectivity index (χ3v) is 9.81. The van der Waals surface area contributed by atoms with Gasteiger partial charge in [-0.15, -0.1) is 0 Å². The summed E-state index contributed by atoms with van der Waals surface area (Å²) in [5.74, 6) is -0.550. The van der Waals surface area contributed by atoms with Crippen LogP contribution in [0.4, 0.5) is 4.79 Å². The molecule has 1 aliphatic carbocycles. The summed E-state index contributed by atoms with van der Waals surface area (Å²) in [6, 6.07) is 7.72.